The summed E-state index contributed by atoms with van der Waals surface area (Å²) in [6, 6.07) is 7.03. The van der Waals surface area contributed by atoms with Crippen LogP contribution >= 0.6 is 0 Å². The SMILES string of the molecule is O=C1NC(c2cc(F)cc(F)c2)C2C(=O)NC(c3ccc(F)cc3)C12. The van der Waals surface area contributed by atoms with Crippen LogP contribution in [-0.4, -0.2) is 11.8 Å². The highest BCUT2D eigenvalue weighted by Crippen LogP contribution is 2.45. The fraction of sp³-hybridized carbons (Fsp3) is 0.222. The summed E-state index contributed by atoms with van der Waals surface area (Å²) in [7, 11) is 0. The smallest absolute Gasteiger partial charge is 0.226 e. The van der Waals surface area contributed by atoms with Crippen molar-refractivity contribution < 1.29 is 22.8 Å². The number of rotatable bonds is 2. The van der Waals surface area contributed by atoms with Gasteiger partial charge in [0, 0.05) is 6.07 Å². The second-order valence-corrected chi connectivity index (χ2v) is 6.28. The summed E-state index contributed by atoms with van der Waals surface area (Å²) < 4.78 is 40.1. The number of nitrogens with one attached hydrogen (secondary N) is 2. The third-order valence-corrected chi connectivity index (χ3v) is 4.78. The molecule has 2 heterocycles. The summed E-state index contributed by atoms with van der Waals surface area (Å²) in [5, 5.41) is 5.40. The highest BCUT2D eigenvalue weighted by Gasteiger charge is 2.56. The van der Waals surface area contributed by atoms with E-state index in [0.29, 0.717) is 5.56 Å². The summed E-state index contributed by atoms with van der Waals surface area (Å²) in [6.07, 6.45) is 0. The van der Waals surface area contributed by atoms with Crippen molar-refractivity contribution in [3.63, 3.8) is 0 Å². The van der Waals surface area contributed by atoms with E-state index < -0.39 is 41.4 Å². The van der Waals surface area contributed by atoms with Crippen LogP contribution in [-0.2, 0) is 9.59 Å². The molecule has 2 aliphatic heterocycles. The number of hydrogen-bond donors (Lipinski definition) is 2. The van der Waals surface area contributed by atoms with Crippen molar-refractivity contribution in [3.05, 3.63) is 71.0 Å². The third kappa shape index (κ3) is 2.56. The molecule has 4 rings (SSSR count). The first-order valence-corrected chi connectivity index (χ1v) is 7.76. The van der Waals surface area contributed by atoms with Crippen molar-refractivity contribution in [2.24, 2.45) is 11.8 Å². The van der Waals surface area contributed by atoms with Crippen molar-refractivity contribution in [2.45, 2.75) is 12.1 Å². The topological polar surface area (TPSA) is 58.2 Å². The zero-order valence-electron chi connectivity index (χ0n) is 12.8. The molecule has 25 heavy (non-hydrogen) atoms. The Labute approximate surface area is 141 Å². The van der Waals surface area contributed by atoms with Gasteiger partial charge in [-0.25, -0.2) is 13.2 Å². The molecule has 0 aliphatic carbocycles. The molecule has 2 saturated heterocycles. The predicted octanol–water partition coefficient (Wildman–Crippen LogP) is 2.38. The van der Waals surface area contributed by atoms with Gasteiger partial charge in [0.1, 0.15) is 17.5 Å². The van der Waals surface area contributed by atoms with Crippen molar-refractivity contribution >= 4 is 11.8 Å². The van der Waals surface area contributed by atoms with Crippen LogP contribution in [0.4, 0.5) is 13.2 Å². The van der Waals surface area contributed by atoms with E-state index in [1.165, 1.54) is 24.3 Å². The highest BCUT2D eigenvalue weighted by molar-refractivity contribution is 5.96. The average molecular weight is 346 g/mol. The van der Waals surface area contributed by atoms with E-state index in [2.05, 4.69) is 10.6 Å². The molecule has 7 heteroatoms. The molecule has 0 spiro atoms. The summed E-state index contributed by atoms with van der Waals surface area (Å²) in [5.74, 6) is -4.26. The Hall–Kier alpha value is -2.83. The zero-order valence-corrected chi connectivity index (χ0v) is 12.8. The molecule has 2 aromatic carbocycles. The molecule has 2 amide bonds. The van der Waals surface area contributed by atoms with Gasteiger partial charge in [0.05, 0.1) is 23.9 Å². The zero-order chi connectivity index (χ0) is 17.7. The summed E-state index contributed by atoms with van der Waals surface area (Å²) >= 11 is 0. The van der Waals surface area contributed by atoms with Crippen molar-refractivity contribution in [1.82, 2.24) is 10.6 Å². The molecule has 2 aliphatic rings. The van der Waals surface area contributed by atoms with E-state index >= 15 is 0 Å². The van der Waals surface area contributed by atoms with Gasteiger partial charge >= 0.3 is 0 Å². The lowest BCUT2D eigenvalue weighted by atomic mass is 9.84. The summed E-state index contributed by atoms with van der Waals surface area (Å²) in [5.41, 5.74) is 0.803. The van der Waals surface area contributed by atoms with Gasteiger partial charge in [-0.3, -0.25) is 9.59 Å². The molecular formula is C18H13F3N2O2. The van der Waals surface area contributed by atoms with Gasteiger partial charge in [-0.1, -0.05) is 12.1 Å². The quantitative estimate of drug-likeness (QED) is 0.877. The lowest BCUT2D eigenvalue weighted by Crippen LogP contribution is -2.32. The molecule has 4 unspecified atom stereocenters. The third-order valence-electron chi connectivity index (χ3n) is 4.78. The first kappa shape index (κ1) is 15.7. The standard InChI is InChI=1S/C18H13F3N2O2/c19-10-3-1-8(2-4-10)15-13-14(18(25)22-15)16(23-17(13)24)9-5-11(20)7-12(21)6-9/h1-7,13-16H,(H,22,25)(H,23,24). The molecule has 2 fully saturated rings. The van der Waals surface area contributed by atoms with Crippen LogP contribution in [0.5, 0.6) is 0 Å². The molecule has 2 aromatic rings. The first-order chi connectivity index (χ1) is 11.9. The molecule has 0 radical (unpaired) electrons. The minimum atomic E-state index is -0.812. The van der Waals surface area contributed by atoms with Gasteiger partial charge in [0.2, 0.25) is 11.8 Å². The van der Waals surface area contributed by atoms with Crippen LogP contribution in [0.15, 0.2) is 42.5 Å². The van der Waals surface area contributed by atoms with Crippen molar-refractivity contribution in [1.29, 1.82) is 0 Å². The fourth-order valence-electron chi connectivity index (χ4n) is 3.73. The number of fused-ring (bicyclic) bond motifs is 1. The lowest BCUT2D eigenvalue weighted by molar-refractivity contribution is -0.125. The molecule has 128 valence electrons. The van der Waals surface area contributed by atoms with Crippen LogP contribution in [0.1, 0.15) is 23.2 Å². The van der Waals surface area contributed by atoms with E-state index in [1.54, 1.807) is 0 Å². The van der Waals surface area contributed by atoms with E-state index in [0.717, 1.165) is 18.2 Å². The van der Waals surface area contributed by atoms with E-state index in [9.17, 15) is 22.8 Å². The van der Waals surface area contributed by atoms with Gasteiger partial charge in [-0.05, 0) is 35.4 Å². The number of carbonyl (C=O) groups is 2. The maximum absolute atomic E-state index is 13.5. The van der Waals surface area contributed by atoms with E-state index in [-0.39, 0.29) is 17.4 Å². The number of carbonyl (C=O) groups excluding carboxylic acids is 2. The summed E-state index contributed by atoms with van der Waals surface area (Å²) in [6.45, 7) is 0. The molecular weight excluding hydrogens is 333 g/mol. The van der Waals surface area contributed by atoms with Gasteiger partial charge in [0.25, 0.3) is 0 Å². The molecule has 4 atom stereocenters. The van der Waals surface area contributed by atoms with Crippen molar-refractivity contribution in [3.8, 4) is 0 Å². The van der Waals surface area contributed by atoms with Gasteiger partial charge in [0.15, 0.2) is 0 Å². The monoisotopic (exact) mass is 346 g/mol. The minimum absolute atomic E-state index is 0.202. The molecule has 0 aromatic heterocycles. The molecule has 0 bridgehead atoms. The Kier molecular flexibility index (Phi) is 3.52. The maximum Gasteiger partial charge on any atom is 0.226 e. The number of benzene rings is 2. The van der Waals surface area contributed by atoms with Crippen LogP contribution in [0, 0.1) is 29.3 Å². The Morgan fingerprint density at radius 3 is 1.64 bits per heavy atom. The molecule has 4 nitrogen and oxygen atoms in total. The van der Waals surface area contributed by atoms with Gasteiger partial charge in [-0.2, -0.15) is 0 Å². The largest absolute Gasteiger partial charge is 0.348 e. The number of hydrogen-bond acceptors (Lipinski definition) is 2. The van der Waals surface area contributed by atoms with Gasteiger partial charge < -0.3 is 10.6 Å². The molecule has 0 saturated carbocycles. The van der Waals surface area contributed by atoms with E-state index in [1.807, 2.05) is 0 Å². The van der Waals surface area contributed by atoms with Crippen LogP contribution in [0.25, 0.3) is 0 Å². The molecule has 2 N–H and O–H groups in total. The lowest BCUT2D eigenvalue weighted by Gasteiger charge is -2.16. The minimum Gasteiger partial charge on any atom is -0.348 e. The maximum atomic E-state index is 13.5. The Balaban J connectivity index is 1.71. The second-order valence-electron chi connectivity index (χ2n) is 6.28. The Bertz CT molecular complexity index is 847. The normalized spacial score (nSPS) is 27.8. The van der Waals surface area contributed by atoms with Crippen LogP contribution in [0.3, 0.4) is 0 Å². The summed E-state index contributed by atoms with van der Waals surface area (Å²) in [4.78, 5) is 24.9. The average Bonchev–Trinajstić information content (AvgIpc) is 3.07. The number of amides is 2. The second kappa shape index (κ2) is 5.61. The Morgan fingerprint density at radius 1 is 0.640 bits per heavy atom. The predicted molar refractivity (Wildman–Crippen MR) is 81.5 cm³/mol. The van der Waals surface area contributed by atoms with Crippen LogP contribution < -0.4 is 10.6 Å². The first-order valence-electron chi connectivity index (χ1n) is 7.76. The van der Waals surface area contributed by atoms with E-state index in [4.69, 9.17) is 0 Å². The fourth-order valence-corrected chi connectivity index (χ4v) is 3.73. The van der Waals surface area contributed by atoms with Gasteiger partial charge in [-0.15, -0.1) is 0 Å². The highest BCUT2D eigenvalue weighted by atomic mass is 19.1. The van der Waals surface area contributed by atoms with Crippen LogP contribution in [0.2, 0.25) is 0 Å². The van der Waals surface area contributed by atoms with Crippen molar-refractivity contribution in [2.75, 3.05) is 0 Å². The Morgan fingerprint density at radius 2 is 1.12 bits per heavy atom. The number of halogens is 3.